The molecule has 0 bridgehead atoms. The van der Waals surface area contributed by atoms with Crippen molar-refractivity contribution in [3.8, 4) is 16.9 Å². The van der Waals surface area contributed by atoms with Crippen molar-refractivity contribution in [1.29, 1.82) is 0 Å². The minimum Gasteiger partial charge on any atom is -0.427 e. The van der Waals surface area contributed by atoms with Crippen LogP contribution in [0.3, 0.4) is 0 Å². The van der Waals surface area contributed by atoms with Crippen molar-refractivity contribution in [3.63, 3.8) is 0 Å². The fraction of sp³-hybridized carbons (Fsp3) is 0.136. The first kappa shape index (κ1) is 17.2. The molecule has 2 nitrogen and oxygen atoms in total. The molecular weight excluding hydrogens is 332 g/mol. The molecule has 0 heterocycles. The molecule has 0 atom stereocenters. The smallest absolute Gasteiger partial charge is 0.311 e. The average Bonchev–Trinajstić information content (AvgIpc) is 2.62. The molecule has 3 aromatic rings. The minimum atomic E-state index is -0.247. The summed E-state index contributed by atoms with van der Waals surface area (Å²) in [6.45, 7) is 2.07. The monoisotopic (exact) mass is 350 g/mol. The molecule has 3 aromatic carbocycles. The third-order valence-electron chi connectivity index (χ3n) is 3.98. The van der Waals surface area contributed by atoms with Crippen molar-refractivity contribution in [2.45, 2.75) is 19.8 Å². The molecule has 0 amide bonds. The highest BCUT2D eigenvalue weighted by Crippen LogP contribution is 2.23. The van der Waals surface area contributed by atoms with E-state index in [1.807, 2.05) is 48.5 Å². The van der Waals surface area contributed by atoms with Crippen molar-refractivity contribution in [2.24, 2.45) is 0 Å². The maximum atomic E-state index is 12.0. The highest BCUT2D eigenvalue weighted by molar-refractivity contribution is 6.30. The minimum absolute atomic E-state index is 0.247. The lowest BCUT2D eigenvalue weighted by molar-refractivity contribution is -0.134. The van der Waals surface area contributed by atoms with Crippen LogP contribution in [0.15, 0.2) is 72.8 Å². The predicted molar refractivity (Wildman–Crippen MR) is 102 cm³/mol. The van der Waals surface area contributed by atoms with E-state index in [0.717, 1.165) is 16.7 Å². The van der Waals surface area contributed by atoms with Gasteiger partial charge in [-0.05, 0) is 54.3 Å². The molecule has 0 radical (unpaired) electrons. The number of rotatable bonds is 5. The second-order valence-electron chi connectivity index (χ2n) is 5.99. The number of ether oxygens (including phenoxy) is 1. The summed E-state index contributed by atoms with van der Waals surface area (Å²) in [6, 6.07) is 23.4. The third-order valence-corrected chi connectivity index (χ3v) is 4.21. The molecule has 25 heavy (non-hydrogen) atoms. The zero-order valence-electron chi connectivity index (χ0n) is 14.0. The van der Waals surface area contributed by atoms with E-state index in [1.165, 1.54) is 5.56 Å². The van der Waals surface area contributed by atoms with Gasteiger partial charge in [-0.2, -0.15) is 0 Å². The molecule has 0 aliphatic rings. The van der Waals surface area contributed by atoms with Gasteiger partial charge < -0.3 is 4.74 Å². The molecule has 3 heteroatoms. The second kappa shape index (κ2) is 8.00. The van der Waals surface area contributed by atoms with E-state index in [0.29, 0.717) is 23.6 Å². The summed E-state index contributed by atoms with van der Waals surface area (Å²) in [7, 11) is 0. The molecule has 0 saturated heterocycles. The van der Waals surface area contributed by atoms with Crippen molar-refractivity contribution >= 4 is 17.6 Å². The van der Waals surface area contributed by atoms with E-state index in [4.69, 9.17) is 16.3 Å². The lowest BCUT2D eigenvalue weighted by atomic mass is 10.0. The molecular formula is C22H19ClO2. The maximum absolute atomic E-state index is 12.0. The van der Waals surface area contributed by atoms with Crippen LogP contribution in [0.4, 0.5) is 0 Å². The standard InChI is InChI=1S/C22H19ClO2/c1-16-5-8-18(9-6-16)19-10-12-21(13-11-19)25-22(24)14-7-17-3-2-4-20(23)15-17/h2-6,8-13,15H,7,14H2,1H3. The summed E-state index contributed by atoms with van der Waals surface area (Å²) < 4.78 is 5.40. The molecule has 126 valence electrons. The van der Waals surface area contributed by atoms with Gasteiger partial charge in [-0.25, -0.2) is 0 Å². The first-order valence-corrected chi connectivity index (χ1v) is 8.60. The van der Waals surface area contributed by atoms with Crippen LogP contribution in [0, 0.1) is 6.92 Å². The summed E-state index contributed by atoms with van der Waals surface area (Å²) in [5.74, 6) is 0.315. The number of aryl methyl sites for hydroxylation is 2. The van der Waals surface area contributed by atoms with Crippen LogP contribution in [-0.4, -0.2) is 5.97 Å². The van der Waals surface area contributed by atoms with E-state index in [9.17, 15) is 4.79 Å². The molecule has 0 aliphatic heterocycles. The summed E-state index contributed by atoms with van der Waals surface area (Å²) in [4.78, 5) is 12.0. The van der Waals surface area contributed by atoms with E-state index >= 15 is 0 Å². The molecule has 0 spiro atoms. The van der Waals surface area contributed by atoms with E-state index in [1.54, 1.807) is 0 Å². The number of carbonyl (C=O) groups excluding carboxylic acids is 1. The summed E-state index contributed by atoms with van der Waals surface area (Å²) in [5.41, 5.74) is 4.50. The summed E-state index contributed by atoms with van der Waals surface area (Å²) >= 11 is 5.95. The van der Waals surface area contributed by atoms with Gasteiger partial charge in [0.2, 0.25) is 0 Å². The van der Waals surface area contributed by atoms with Gasteiger partial charge in [-0.3, -0.25) is 4.79 Å². The van der Waals surface area contributed by atoms with Gasteiger partial charge >= 0.3 is 5.97 Å². The molecule has 0 saturated carbocycles. The number of carbonyl (C=O) groups is 1. The van der Waals surface area contributed by atoms with Crippen LogP contribution < -0.4 is 4.74 Å². The molecule has 0 fully saturated rings. The Morgan fingerprint density at radius 1 is 0.920 bits per heavy atom. The Balaban J connectivity index is 1.57. The SMILES string of the molecule is Cc1ccc(-c2ccc(OC(=O)CCc3cccc(Cl)c3)cc2)cc1. The van der Waals surface area contributed by atoms with Gasteiger partial charge in [-0.1, -0.05) is 65.7 Å². The van der Waals surface area contributed by atoms with E-state index in [-0.39, 0.29) is 5.97 Å². The molecule has 0 aromatic heterocycles. The van der Waals surface area contributed by atoms with Crippen molar-refractivity contribution in [2.75, 3.05) is 0 Å². The van der Waals surface area contributed by atoms with Gasteiger partial charge in [0.05, 0.1) is 0 Å². The Kier molecular flexibility index (Phi) is 5.52. The van der Waals surface area contributed by atoms with Crippen LogP contribution in [0.5, 0.6) is 5.75 Å². The van der Waals surface area contributed by atoms with Crippen LogP contribution in [0.25, 0.3) is 11.1 Å². The van der Waals surface area contributed by atoms with Gasteiger partial charge in [0.15, 0.2) is 0 Å². The van der Waals surface area contributed by atoms with Crippen LogP contribution >= 0.6 is 11.6 Å². The van der Waals surface area contributed by atoms with Gasteiger partial charge in [-0.15, -0.1) is 0 Å². The van der Waals surface area contributed by atoms with Gasteiger partial charge in [0.25, 0.3) is 0 Å². The average molecular weight is 351 g/mol. The number of hydrogen-bond acceptors (Lipinski definition) is 2. The maximum Gasteiger partial charge on any atom is 0.311 e. The quantitative estimate of drug-likeness (QED) is 0.426. The Bertz CT molecular complexity index is 852. The Morgan fingerprint density at radius 2 is 1.56 bits per heavy atom. The molecule has 0 aliphatic carbocycles. The fourth-order valence-electron chi connectivity index (χ4n) is 2.58. The van der Waals surface area contributed by atoms with Crippen LogP contribution in [0.1, 0.15) is 17.5 Å². The van der Waals surface area contributed by atoms with Gasteiger partial charge in [0.1, 0.15) is 5.75 Å². The van der Waals surface area contributed by atoms with Crippen molar-refractivity contribution in [3.05, 3.63) is 88.9 Å². The third kappa shape index (κ3) is 4.94. The fourth-order valence-corrected chi connectivity index (χ4v) is 2.80. The zero-order valence-corrected chi connectivity index (χ0v) is 14.8. The van der Waals surface area contributed by atoms with Crippen LogP contribution in [-0.2, 0) is 11.2 Å². The number of esters is 1. The summed E-state index contributed by atoms with van der Waals surface area (Å²) in [6.07, 6.45) is 0.931. The van der Waals surface area contributed by atoms with E-state index < -0.39 is 0 Å². The van der Waals surface area contributed by atoms with E-state index in [2.05, 4.69) is 31.2 Å². The molecule has 3 rings (SSSR count). The van der Waals surface area contributed by atoms with Crippen LogP contribution in [0.2, 0.25) is 5.02 Å². The van der Waals surface area contributed by atoms with Gasteiger partial charge in [0, 0.05) is 11.4 Å². The highest BCUT2D eigenvalue weighted by atomic mass is 35.5. The second-order valence-corrected chi connectivity index (χ2v) is 6.43. The normalized spacial score (nSPS) is 10.5. The van der Waals surface area contributed by atoms with Crippen molar-refractivity contribution in [1.82, 2.24) is 0 Å². The zero-order chi connectivity index (χ0) is 17.6. The lowest BCUT2D eigenvalue weighted by Crippen LogP contribution is -2.08. The lowest BCUT2D eigenvalue weighted by Gasteiger charge is -2.07. The summed E-state index contributed by atoms with van der Waals surface area (Å²) in [5, 5.41) is 0.678. The Hall–Kier alpha value is -2.58. The Labute approximate surface area is 153 Å². The Morgan fingerprint density at radius 3 is 2.20 bits per heavy atom. The first-order valence-electron chi connectivity index (χ1n) is 8.22. The first-order chi connectivity index (χ1) is 12.1. The molecule has 0 unspecified atom stereocenters. The highest BCUT2D eigenvalue weighted by Gasteiger charge is 2.06. The number of halogens is 1. The molecule has 0 N–H and O–H groups in total. The topological polar surface area (TPSA) is 26.3 Å². The number of hydrogen-bond donors (Lipinski definition) is 0. The van der Waals surface area contributed by atoms with Crippen molar-refractivity contribution < 1.29 is 9.53 Å². The largest absolute Gasteiger partial charge is 0.427 e. The number of benzene rings is 3. The predicted octanol–water partition coefficient (Wildman–Crippen LogP) is 5.85.